The molecule has 4 heterocycles. The summed E-state index contributed by atoms with van der Waals surface area (Å²) in [5, 5.41) is 38.8. The highest BCUT2D eigenvalue weighted by atomic mass is 16.5. The normalized spacial score (nSPS) is 25.0. The molecule has 268 valence electrons. The van der Waals surface area contributed by atoms with Gasteiger partial charge in [0.25, 0.3) is 5.91 Å². The van der Waals surface area contributed by atoms with E-state index < -0.39 is 11.7 Å². The highest BCUT2D eigenvalue weighted by Crippen LogP contribution is 2.43. The summed E-state index contributed by atoms with van der Waals surface area (Å²) in [5.41, 5.74) is 2.02. The van der Waals surface area contributed by atoms with Gasteiger partial charge in [-0.3, -0.25) is 4.79 Å². The Balaban J connectivity index is 0.856. The SMILES string of the molecule is O=C1COc2c(cc(O)cc2[C@@H](O)CNCCc2ccc(OCC[N+]34CCC(CC3)[C@@H](OC[C@@](O)(c3ccccc3)C3CCCC3)C4)cc2)N1. The molecule has 0 radical (unpaired) electrons. The van der Waals surface area contributed by atoms with Crippen LogP contribution in [0.4, 0.5) is 5.69 Å². The Morgan fingerprint density at radius 3 is 2.54 bits per heavy atom. The Morgan fingerprint density at radius 2 is 1.78 bits per heavy atom. The van der Waals surface area contributed by atoms with Crippen LogP contribution in [0.3, 0.4) is 0 Å². The van der Waals surface area contributed by atoms with Crippen molar-refractivity contribution in [2.75, 3.05) is 64.4 Å². The van der Waals surface area contributed by atoms with E-state index in [0.717, 1.165) is 66.8 Å². The monoisotopic (exact) mass is 686 g/mol. The molecule has 3 atom stereocenters. The number of hydrogen-bond acceptors (Lipinski definition) is 8. The Bertz CT molecular complexity index is 1590. The number of amides is 1. The third kappa shape index (κ3) is 7.80. The number of aromatic hydroxyl groups is 1. The molecular formula is C40H52N3O7+. The number of anilines is 1. The number of benzene rings is 3. The molecule has 0 aromatic heterocycles. The lowest BCUT2D eigenvalue weighted by Gasteiger charge is -2.52. The number of nitrogens with one attached hydrogen (secondary N) is 2. The van der Waals surface area contributed by atoms with Crippen molar-refractivity contribution in [1.82, 2.24) is 5.32 Å². The van der Waals surface area contributed by atoms with Crippen LogP contribution >= 0.6 is 0 Å². The van der Waals surface area contributed by atoms with Crippen molar-refractivity contribution in [3.63, 3.8) is 0 Å². The number of fused-ring (bicyclic) bond motifs is 4. The second kappa shape index (κ2) is 15.3. The van der Waals surface area contributed by atoms with Crippen molar-refractivity contribution in [2.24, 2.45) is 11.8 Å². The molecule has 1 saturated carbocycles. The molecule has 3 aromatic rings. The van der Waals surface area contributed by atoms with Crippen LogP contribution in [0, 0.1) is 11.8 Å². The molecule has 0 spiro atoms. The summed E-state index contributed by atoms with van der Waals surface area (Å²) >= 11 is 0. The van der Waals surface area contributed by atoms with Crippen molar-refractivity contribution in [2.45, 2.75) is 62.8 Å². The fraction of sp³-hybridized carbons (Fsp3) is 0.525. The summed E-state index contributed by atoms with van der Waals surface area (Å²) in [6, 6.07) is 21.3. The fourth-order valence-electron chi connectivity index (χ4n) is 8.68. The number of hydrogen-bond donors (Lipinski definition) is 5. The average Bonchev–Trinajstić information content (AvgIpc) is 3.69. The van der Waals surface area contributed by atoms with Gasteiger partial charge in [0.2, 0.25) is 0 Å². The van der Waals surface area contributed by atoms with E-state index in [1.54, 1.807) is 0 Å². The standard InChI is InChI=1S/C40H51N3O7/c44-32-22-34(39-35(23-32)42-38(46)26-49-39)36(45)24-41-17-14-28-10-12-33(13-11-28)48-21-20-43-18-15-29(16-19-43)37(25-43)50-27-40(47,31-8-4-5-9-31)30-6-2-1-3-7-30/h1-3,6-7,10-13,22-23,29,31,36-37,41,45,47H,4-5,8-9,14-21,24-27H2,(H-,42,44,46)/p+1/t29?,36-,37-,40+,43?/m0/s1. The van der Waals surface area contributed by atoms with E-state index in [1.807, 2.05) is 30.3 Å². The van der Waals surface area contributed by atoms with Gasteiger partial charge in [0, 0.05) is 36.9 Å². The van der Waals surface area contributed by atoms with E-state index >= 15 is 0 Å². The molecule has 2 bridgehead atoms. The van der Waals surface area contributed by atoms with Crippen molar-refractivity contribution < 1.29 is 38.8 Å². The summed E-state index contributed by atoms with van der Waals surface area (Å²) in [6.45, 7) is 6.10. The topological polar surface area (TPSA) is 130 Å². The summed E-state index contributed by atoms with van der Waals surface area (Å²) in [7, 11) is 0. The quantitative estimate of drug-likeness (QED) is 0.115. The zero-order valence-corrected chi connectivity index (χ0v) is 28.9. The second-order valence-electron chi connectivity index (χ2n) is 14.9. The minimum atomic E-state index is -0.926. The van der Waals surface area contributed by atoms with Gasteiger partial charge >= 0.3 is 0 Å². The van der Waals surface area contributed by atoms with Gasteiger partial charge < -0.3 is 44.6 Å². The third-order valence-electron chi connectivity index (χ3n) is 11.6. The summed E-state index contributed by atoms with van der Waals surface area (Å²) in [6.07, 6.45) is 6.86. The molecule has 5 aliphatic rings. The van der Waals surface area contributed by atoms with E-state index in [2.05, 4.69) is 34.9 Å². The number of rotatable bonds is 15. The predicted molar refractivity (Wildman–Crippen MR) is 190 cm³/mol. The Morgan fingerprint density at radius 1 is 1.02 bits per heavy atom. The van der Waals surface area contributed by atoms with E-state index in [9.17, 15) is 20.1 Å². The van der Waals surface area contributed by atoms with E-state index in [-0.39, 0.29) is 36.8 Å². The lowest BCUT2D eigenvalue weighted by atomic mass is 9.80. The van der Waals surface area contributed by atoms with Gasteiger partial charge in [0.15, 0.2) is 6.61 Å². The molecule has 8 rings (SSSR count). The minimum absolute atomic E-state index is 0.0450. The number of carbonyl (C=O) groups is 1. The molecule has 3 aromatic carbocycles. The van der Waals surface area contributed by atoms with Crippen LogP contribution in [0.2, 0.25) is 0 Å². The number of piperidine rings is 3. The molecule has 0 unspecified atom stereocenters. The number of quaternary nitrogens is 1. The number of ether oxygens (including phenoxy) is 3. The first kappa shape index (κ1) is 34.8. The second-order valence-corrected chi connectivity index (χ2v) is 14.9. The number of aliphatic hydroxyl groups is 2. The number of phenolic OH excluding ortho intramolecular Hbond substituents is 1. The molecule has 1 amide bonds. The number of carbonyl (C=O) groups excluding carboxylic acids is 1. The summed E-state index contributed by atoms with van der Waals surface area (Å²) < 4.78 is 19.5. The largest absolute Gasteiger partial charge is 0.508 e. The Hall–Kier alpha value is -3.67. The number of nitrogens with zero attached hydrogens (tertiary/aromatic N) is 1. The molecule has 1 aliphatic carbocycles. The summed E-state index contributed by atoms with van der Waals surface area (Å²) in [5.74, 6) is 1.73. The number of aliphatic hydroxyl groups excluding tert-OH is 1. The van der Waals surface area contributed by atoms with E-state index in [1.165, 1.54) is 37.8 Å². The average molecular weight is 687 g/mol. The molecule has 50 heavy (non-hydrogen) atoms. The first-order chi connectivity index (χ1) is 24.3. The van der Waals surface area contributed by atoms with Crippen molar-refractivity contribution in [3.05, 3.63) is 83.4 Å². The zero-order valence-electron chi connectivity index (χ0n) is 28.9. The molecule has 10 nitrogen and oxygen atoms in total. The van der Waals surface area contributed by atoms with Crippen LogP contribution in [-0.4, -0.2) is 90.9 Å². The van der Waals surface area contributed by atoms with Gasteiger partial charge in [-0.05, 0) is 61.1 Å². The van der Waals surface area contributed by atoms with Gasteiger partial charge in [0.1, 0.15) is 48.6 Å². The van der Waals surface area contributed by atoms with Gasteiger partial charge in [-0.2, -0.15) is 0 Å². The van der Waals surface area contributed by atoms with Crippen molar-refractivity contribution in [3.8, 4) is 17.2 Å². The van der Waals surface area contributed by atoms with Crippen molar-refractivity contribution >= 4 is 11.6 Å². The molecular weight excluding hydrogens is 634 g/mol. The van der Waals surface area contributed by atoms with Crippen LogP contribution in [0.5, 0.6) is 17.2 Å². The van der Waals surface area contributed by atoms with Crippen LogP contribution in [-0.2, 0) is 21.6 Å². The first-order valence-corrected chi connectivity index (χ1v) is 18.4. The van der Waals surface area contributed by atoms with Crippen LogP contribution in [0.15, 0.2) is 66.7 Å². The molecule has 5 N–H and O–H groups in total. The van der Waals surface area contributed by atoms with Gasteiger partial charge in [-0.15, -0.1) is 0 Å². The predicted octanol–water partition coefficient (Wildman–Crippen LogP) is 4.67. The van der Waals surface area contributed by atoms with Crippen LogP contribution < -0.4 is 20.1 Å². The molecule has 4 aliphatic heterocycles. The van der Waals surface area contributed by atoms with Crippen LogP contribution in [0.25, 0.3) is 0 Å². The maximum atomic E-state index is 12.0. The van der Waals surface area contributed by atoms with E-state index in [0.29, 0.717) is 42.7 Å². The third-order valence-corrected chi connectivity index (χ3v) is 11.6. The fourth-order valence-corrected chi connectivity index (χ4v) is 8.68. The summed E-state index contributed by atoms with van der Waals surface area (Å²) in [4.78, 5) is 11.6. The van der Waals surface area contributed by atoms with Crippen LogP contribution in [0.1, 0.15) is 61.3 Å². The first-order valence-electron chi connectivity index (χ1n) is 18.4. The maximum Gasteiger partial charge on any atom is 0.262 e. The van der Waals surface area contributed by atoms with E-state index in [4.69, 9.17) is 14.2 Å². The zero-order chi connectivity index (χ0) is 34.6. The molecule has 4 fully saturated rings. The van der Waals surface area contributed by atoms with Gasteiger partial charge in [-0.1, -0.05) is 55.3 Å². The molecule has 10 heteroatoms. The Kier molecular flexibility index (Phi) is 10.6. The van der Waals surface area contributed by atoms with Crippen molar-refractivity contribution in [1.29, 1.82) is 0 Å². The van der Waals surface area contributed by atoms with Gasteiger partial charge in [-0.25, -0.2) is 0 Å². The Labute approximate surface area is 295 Å². The minimum Gasteiger partial charge on any atom is -0.508 e. The number of phenols is 1. The maximum absolute atomic E-state index is 12.0. The highest BCUT2D eigenvalue weighted by molar-refractivity contribution is 5.96. The lowest BCUT2D eigenvalue weighted by molar-refractivity contribution is -0.946. The smallest absolute Gasteiger partial charge is 0.262 e. The molecule has 3 saturated heterocycles. The highest BCUT2D eigenvalue weighted by Gasteiger charge is 2.48. The lowest BCUT2D eigenvalue weighted by Crippen LogP contribution is -2.65. The van der Waals surface area contributed by atoms with Gasteiger partial charge in [0.05, 0.1) is 31.5 Å².